The first-order chi connectivity index (χ1) is 8.34. The van der Waals surface area contributed by atoms with E-state index in [2.05, 4.69) is 20.4 Å². The Kier molecular flexibility index (Phi) is 2.64. The van der Waals surface area contributed by atoms with Gasteiger partial charge in [0, 0.05) is 13.1 Å². The van der Waals surface area contributed by atoms with Crippen LogP contribution in [0.2, 0.25) is 0 Å². The first kappa shape index (κ1) is 10.5. The number of nitrogens with zero attached hydrogens (tertiary/aromatic N) is 4. The fourth-order valence-corrected chi connectivity index (χ4v) is 2.13. The Bertz CT molecular complexity index is 518. The number of ether oxygens (including phenoxy) is 1. The summed E-state index contributed by atoms with van der Waals surface area (Å²) in [7, 11) is 1.86. The van der Waals surface area contributed by atoms with Crippen molar-refractivity contribution in [2.75, 3.05) is 13.2 Å². The molecule has 1 saturated heterocycles. The van der Waals surface area contributed by atoms with Crippen molar-refractivity contribution in [1.29, 1.82) is 0 Å². The van der Waals surface area contributed by atoms with Crippen LogP contribution in [-0.2, 0) is 7.05 Å². The average molecular weight is 233 g/mol. The molecule has 0 radical (unpaired) electrons. The van der Waals surface area contributed by atoms with Crippen molar-refractivity contribution in [3.8, 4) is 5.88 Å². The molecule has 1 unspecified atom stereocenters. The van der Waals surface area contributed by atoms with E-state index in [0.717, 1.165) is 17.6 Å². The zero-order chi connectivity index (χ0) is 11.7. The molecule has 6 heteroatoms. The van der Waals surface area contributed by atoms with Crippen molar-refractivity contribution < 1.29 is 4.74 Å². The standard InChI is InChI=1S/C11H15N5O/c1-16-10-9(5-15-16)11(14-7-13-10)17-6-8-3-2-4-12-8/h5,7-8,12H,2-4,6H2,1H3. The van der Waals surface area contributed by atoms with E-state index >= 15 is 0 Å². The molecule has 1 aliphatic heterocycles. The number of nitrogens with one attached hydrogen (secondary N) is 1. The summed E-state index contributed by atoms with van der Waals surface area (Å²) in [6.07, 6.45) is 5.65. The zero-order valence-corrected chi connectivity index (χ0v) is 9.76. The third-order valence-corrected chi connectivity index (χ3v) is 3.08. The van der Waals surface area contributed by atoms with Crippen LogP contribution in [-0.4, -0.2) is 38.9 Å². The van der Waals surface area contributed by atoms with Crippen LogP contribution in [0.1, 0.15) is 12.8 Å². The maximum atomic E-state index is 5.75. The van der Waals surface area contributed by atoms with Crippen LogP contribution in [0.25, 0.3) is 11.0 Å². The van der Waals surface area contributed by atoms with Crippen molar-refractivity contribution in [3.63, 3.8) is 0 Å². The van der Waals surface area contributed by atoms with E-state index in [4.69, 9.17) is 4.74 Å². The topological polar surface area (TPSA) is 64.9 Å². The molecule has 1 atom stereocenters. The molecule has 0 spiro atoms. The SMILES string of the molecule is Cn1ncc2c(OCC3CCCN3)ncnc21. The summed E-state index contributed by atoms with van der Waals surface area (Å²) in [4.78, 5) is 8.34. The number of aromatic nitrogens is 4. The summed E-state index contributed by atoms with van der Waals surface area (Å²) < 4.78 is 7.47. The minimum atomic E-state index is 0.441. The molecule has 0 aliphatic carbocycles. The highest BCUT2D eigenvalue weighted by Crippen LogP contribution is 2.20. The molecule has 17 heavy (non-hydrogen) atoms. The molecule has 2 aromatic heterocycles. The lowest BCUT2D eigenvalue weighted by molar-refractivity contribution is 0.270. The third-order valence-electron chi connectivity index (χ3n) is 3.08. The number of rotatable bonds is 3. The van der Waals surface area contributed by atoms with Crippen LogP contribution in [0, 0.1) is 0 Å². The zero-order valence-electron chi connectivity index (χ0n) is 9.76. The van der Waals surface area contributed by atoms with Gasteiger partial charge in [-0.05, 0) is 19.4 Å². The van der Waals surface area contributed by atoms with Crippen LogP contribution in [0.4, 0.5) is 0 Å². The molecule has 0 saturated carbocycles. The molecule has 1 aliphatic rings. The highest BCUT2D eigenvalue weighted by molar-refractivity contribution is 5.79. The maximum Gasteiger partial charge on any atom is 0.227 e. The molecule has 1 fully saturated rings. The van der Waals surface area contributed by atoms with E-state index in [0.29, 0.717) is 18.5 Å². The van der Waals surface area contributed by atoms with Gasteiger partial charge in [-0.3, -0.25) is 4.68 Å². The number of aryl methyl sites for hydroxylation is 1. The highest BCUT2D eigenvalue weighted by atomic mass is 16.5. The minimum absolute atomic E-state index is 0.441. The maximum absolute atomic E-state index is 5.75. The fraction of sp³-hybridized carbons (Fsp3) is 0.545. The predicted octanol–water partition coefficient (Wildman–Crippen LogP) is 0.494. The molecule has 0 amide bonds. The summed E-state index contributed by atoms with van der Waals surface area (Å²) in [5.41, 5.74) is 0.800. The van der Waals surface area contributed by atoms with Gasteiger partial charge >= 0.3 is 0 Å². The summed E-state index contributed by atoms with van der Waals surface area (Å²) in [5, 5.41) is 8.41. The molecule has 90 valence electrons. The lowest BCUT2D eigenvalue weighted by Gasteiger charge is -2.11. The lowest BCUT2D eigenvalue weighted by atomic mass is 10.2. The predicted molar refractivity (Wildman–Crippen MR) is 62.8 cm³/mol. The Morgan fingerprint density at radius 1 is 1.53 bits per heavy atom. The van der Waals surface area contributed by atoms with Crippen molar-refractivity contribution in [3.05, 3.63) is 12.5 Å². The van der Waals surface area contributed by atoms with E-state index < -0.39 is 0 Å². The van der Waals surface area contributed by atoms with E-state index in [1.807, 2.05) is 7.05 Å². The Balaban J connectivity index is 1.79. The quantitative estimate of drug-likeness (QED) is 0.836. The molecular formula is C11H15N5O. The molecule has 3 rings (SSSR count). The number of hydrogen-bond acceptors (Lipinski definition) is 5. The van der Waals surface area contributed by atoms with Gasteiger partial charge in [-0.15, -0.1) is 0 Å². The van der Waals surface area contributed by atoms with Crippen LogP contribution in [0.5, 0.6) is 5.88 Å². The van der Waals surface area contributed by atoms with Crippen molar-refractivity contribution in [2.24, 2.45) is 7.05 Å². The first-order valence-electron chi connectivity index (χ1n) is 5.83. The van der Waals surface area contributed by atoms with E-state index in [1.54, 1.807) is 10.9 Å². The van der Waals surface area contributed by atoms with Crippen molar-refractivity contribution in [2.45, 2.75) is 18.9 Å². The molecule has 1 N–H and O–H groups in total. The van der Waals surface area contributed by atoms with Gasteiger partial charge < -0.3 is 10.1 Å². The van der Waals surface area contributed by atoms with Crippen LogP contribution < -0.4 is 10.1 Å². The Morgan fingerprint density at radius 2 is 2.47 bits per heavy atom. The second kappa shape index (κ2) is 4.29. The second-order valence-corrected chi connectivity index (χ2v) is 4.29. The highest BCUT2D eigenvalue weighted by Gasteiger charge is 2.16. The summed E-state index contributed by atoms with van der Waals surface area (Å²) in [5.74, 6) is 0.622. The largest absolute Gasteiger partial charge is 0.475 e. The Morgan fingerprint density at radius 3 is 3.29 bits per heavy atom. The van der Waals surface area contributed by atoms with Gasteiger partial charge in [0.05, 0.1) is 6.20 Å². The Labute approximate surface area is 99.0 Å². The normalized spacial score (nSPS) is 19.9. The van der Waals surface area contributed by atoms with Gasteiger partial charge in [-0.25, -0.2) is 9.97 Å². The third kappa shape index (κ3) is 1.95. The van der Waals surface area contributed by atoms with Gasteiger partial charge in [-0.2, -0.15) is 5.10 Å². The van der Waals surface area contributed by atoms with Crippen LogP contribution in [0.15, 0.2) is 12.5 Å². The van der Waals surface area contributed by atoms with Gasteiger partial charge in [0.25, 0.3) is 0 Å². The van der Waals surface area contributed by atoms with Crippen molar-refractivity contribution in [1.82, 2.24) is 25.1 Å². The molecule has 3 heterocycles. The van der Waals surface area contributed by atoms with E-state index in [9.17, 15) is 0 Å². The van der Waals surface area contributed by atoms with Gasteiger partial charge in [-0.1, -0.05) is 0 Å². The summed E-state index contributed by atoms with van der Waals surface area (Å²) in [6, 6.07) is 0.441. The summed E-state index contributed by atoms with van der Waals surface area (Å²) >= 11 is 0. The summed E-state index contributed by atoms with van der Waals surface area (Å²) in [6.45, 7) is 1.74. The van der Waals surface area contributed by atoms with Gasteiger partial charge in [0.1, 0.15) is 18.3 Å². The lowest BCUT2D eigenvalue weighted by Crippen LogP contribution is -2.28. The molecule has 0 aromatic carbocycles. The first-order valence-corrected chi connectivity index (χ1v) is 5.83. The van der Waals surface area contributed by atoms with E-state index in [1.165, 1.54) is 19.2 Å². The molecule has 2 aromatic rings. The van der Waals surface area contributed by atoms with Gasteiger partial charge in [0.15, 0.2) is 5.65 Å². The average Bonchev–Trinajstić information content (AvgIpc) is 2.97. The van der Waals surface area contributed by atoms with Crippen LogP contribution in [0.3, 0.4) is 0 Å². The monoisotopic (exact) mass is 233 g/mol. The fourth-order valence-electron chi connectivity index (χ4n) is 2.13. The molecular weight excluding hydrogens is 218 g/mol. The van der Waals surface area contributed by atoms with Crippen molar-refractivity contribution >= 4 is 11.0 Å². The minimum Gasteiger partial charge on any atom is -0.475 e. The van der Waals surface area contributed by atoms with Gasteiger partial charge in [0.2, 0.25) is 5.88 Å². The van der Waals surface area contributed by atoms with E-state index in [-0.39, 0.29) is 0 Å². The van der Waals surface area contributed by atoms with Crippen LogP contribution >= 0.6 is 0 Å². The number of hydrogen-bond donors (Lipinski definition) is 1. The second-order valence-electron chi connectivity index (χ2n) is 4.29. The number of fused-ring (bicyclic) bond motifs is 1. The molecule has 6 nitrogen and oxygen atoms in total. The smallest absolute Gasteiger partial charge is 0.227 e. The Hall–Kier alpha value is -1.69. The molecule has 0 bridgehead atoms.